The first kappa shape index (κ1) is 13.0. The van der Waals surface area contributed by atoms with Crippen LogP contribution < -0.4 is 10.6 Å². The van der Waals surface area contributed by atoms with E-state index in [2.05, 4.69) is 17.6 Å². The molecule has 4 nitrogen and oxygen atoms in total. The van der Waals surface area contributed by atoms with Gasteiger partial charge in [-0.25, -0.2) is 4.79 Å². The Labute approximate surface area is 118 Å². The van der Waals surface area contributed by atoms with E-state index in [1.54, 1.807) is 0 Å². The van der Waals surface area contributed by atoms with Gasteiger partial charge in [-0.3, -0.25) is 0 Å². The van der Waals surface area contributed by atoms with E-state index < -0.39 is 0 Å². The van der Waals surface area contributed by atoms with Crippen LogP contribution in [0.25, 0.3) is 11.0 Å². The number of carbonyl (C=O) groups is 1. The summed E-state index contributed by atoms with van der Waals surface area (Å²) in [5, 5.41) is 6.97. The summed E-state index contributed by atoms with van der Waals surface area (Å²) >= 11 is 0. The van der Waals surface area contributed by atoms with Gasteiger partial charge < -0.3 is 15.1 Å². The van der Waals surface area contributed by atoms with E-state index in [-0.39, 0.29) is 18.1 Å². The zero-order valence-electron chi connectivity index (χ0n) is 11.8. The lowest BCUT2D eigenvalue weighted by atomic mass is 10.2. The second-order valence-electron chi connectivity index (χ2n) is 5.65. The largest absolute Gasteiger partial charge is 0.459 e. The quantitative estimate of drug-likeness (QED) is 0.893. The van der Waals surface area contributed by atoms with Crippen molar-refractivity contribution in [2.24, 2.45) is 5.92 Å². The van der Waals surface area contributed by atoms with Crippen LogP contribution in [0.4, 0.5) is 4.79 Å². The van der Waals surface area contributed by atoms with Gasteiger partial charge in [0.1, 0.15) is 11.3 Å². The van der Waals surface area contributed by atoms with Crippen molar-refractivity contribution < 1.29 is 9.21 Å². The molecule has 3 rings (SSSR count). The van der Waals surface area contributed by atoms with Crippen molar-refractivity contribution in [3.05, 3.63) is 36.1 Å². The van der Waals surface area contributed by atoms with Gasteiger partial charge >= 0.3 is 6.03 Å². The summed E-state index contributed by atoms with van der Waals surface area (Å²) < 4.78 is 5.75. The highest BCUT2D eigenvalue weighted by Gasteiger charge is 2.29. The SMILES string of the molecule is CC(NC(=O)NC(C)C1CC1)c1cc2ccccc2o1. The van der Waals surface area contributed by atoms with Gasteiger partial charge in [-0.15, -0.1) is 0 Å². The number of rotatable bonds is 4. The summed E-state index contributed by atoms with van der Waals surface area (Å²) in [6, 6.07) is 9.81. The summed E-state index contributed by atoms with van der Waals surface area (Å²) in [5.41, 5.74) is 0.850. The summed E-state index contributed by atoms with van der Waals surface area (Å²) in [5.74, 6) is 1.43. The Morgan fingerprint density at radius 3 is 2.70 bits per heavy atom. The molecule has 106 valence electrons. The van der Waals surface area contributed by atoms with Crippen LogP contribution in [0.15, 0.2) is 34.7 Å². The lowest BCUT2D eigenvalue weighted by Crippen LogP contribution is -2.42. The Morgan fingerprint density at radius 2 is 2.00 bits per heavy atom. The first-order valence-electron chi connectivity index (χ1n) is 7.19. The van der Waals surface area contributed by atoms with E-state index in [0.29, 0.717) is 5.92 Å². The predicted molar refractivity (Wildman–Crippen MR) is 78.5 cm³/mol. The molecular weight excluding hydrogens is 252 g/mol. The molecule has 2 N–H and O–H groups in total. The molecule has 2 atom stereocenters. The molecule has 1 aliphatic carbocycles. The number of para-hydroxylation sites is 1. The van der Waals surface area contributed by atoms with E-state index in [0.717, 1.165) is 16.7 Å². The smallest absolute Gasteiger partial charge is 0.315 e. The van der Waals surface area contributed by atoms with E-state index >= 15 is 0 Å². The highest BCUT2D eigenvalue weighted by atomic mass is 16.3. The van der Waals surface area contributed by atoms with Crippen LogP contribution in [0.3, 0.4) is 0 Å². The molecule has 0 aliphatic heterocycles. The average molecular weight is 272 g/mol. The molecule has 0 spiro atoms. The Hall–Kier alpha value is -1.97. The van der Waals surface area contributed by atoms with Crippen molar-refractivity contribution in [2.75, 3.05) is 0 Å². The van der Waals surface area contributed by atoms with Crippen molar-refractivity contribution >= 4 is 17.0 Å². The maximum absolute atomic E-state index is 11.9. The minimum Gasteiger partial charge on any atom is -0.459 e. The van der Waals surface area contributed by atoms with E-state index in [1.165, 1.54) is 12.8 Å². The molecule has 1 saturated carbocycles. The Morgan fingerprint density at radius 1 is 1.25 bits per heavy atom. The van der Waals surface area contributed by atoms with Gasteiger partial charge in [0.25, 0.3) is 0 Å². The number of nitrogens with one attached hydrogen (secondary N) is 2. The highest BCUT2D eigenvalue weighted by Crippen LogP contribution is 2.32. The Bertz CT molecular complexity index is 583. The van der Waals surface area contributed by atoms with Crippen LogP contribution in [0, 0.1) is 5.92 Å². The van der Waals surface area contributed by atoms with Gasteiger partial charge in [0.2, 0.25) is 0 Å². The Balaban J connectivity index is 1.62. The van der Waals surface area contributed by atoms with Gasteiger partial charge in [0.15, 0.2) is 0 Å². The van der Waals surface area contributed by atoms with Gasteiger partial charge in [0, 0.05) is 11.4 Å². The van der Waals surface area contributed by atoms with E-state index in [9.17, 15) is 4.79 Å². The first-order valence-corrected chi connectivity index (χ1v) is 7.19. The molecule has 2 unspecified atom stereocenters. The number of urea groups is 1. The minimum atomic E-state index is -0.145. The molecule has 0 saturated heterocycles. The second-order valence-corrected chi connectivity index (χ2v) is 5.65. The standard InChI is InChI=1S/C16H20N2O2/c1-10(12-7-8-12)17-16(19)18-11(2)15-9-13-5-3-4-6-14(13)20-15/h3-6,9-12H,7-8H2,1-2H3,(H2,17,18,19). The van der Waals surface area contributed by atoms with Crippen LogP contribution in [-0.2, 0) is 0 Å². The lowest BCUT2D eigenvalue weighted by Gasteiger charge is -2.16. The third kappa shape index (κ3) is 2.79. The molecule has 1 fully saturated rings. The van der Waals surface area contributed by atoms with Crippen molar-refractivity contribution in [1.82, 2.24) is 10.6 Å². The van der Waals surface area contributed by atoms with Gasteiger partial charge in [-0.1, -0.05) is 18.2 Å². The third-order valence-corrected chi connectivity index (χ3v) is 3.91. The zero-order valence-corrected chi connectivity index (χ0v) is 11.8. The third-order valence-electron chi connectivity index (χ3n) is 3.91. The van der Waals surface area contributed by atoms with Crippen LogP contribution in [0.2, 0.25) is 0 Å². The lowest BCUT2D eigenvalue weighted by molar-refractivity contribution is 0.232. The number of hydrogen-bond donors (Lipinski definition) is 2. The van der Waals surface area contributed by atoms with E-state index in [4.69, 9.17) is 4.42 Å². The van der Waals surface area contributed by atoms with Crippen molar-refractivity contribution in [1.29, 1.82) is 0 Å². The summed E-state index contributed by atoms with van der Waals surface area (Å²) in [6.45, 7) is 3.99. The van der Waals surface area contributed by atoms with Crippen LogP contribution >= 0.6 is 0 Å². The number of fused-ring (bicyclic) bond motifs is 1. The molecule has 0 radical (unpaired) electrons. The molecule has 20 heavy (non-hydrogen) atoms. The molecule has 1 aliphatic rings. The fraction of sp³-hybridized carbons (Fsp3) is 0.438. The van der Waals surface area contributed by atoms with Gasteiger partial charge in [-0.05, 0) is 44.7 Å². The number of carbonyl (C=O) groups excluding carboxylic acids is 1. The molecule has 1 aromatic heterocycles. The molecule has 2 aromatic rings. The van der Waals surface area contributed by atoms with Crippen molar-refractivity contribution in [2.45, 2.75) is 38.8 Å². The topological polar surface area (TPSA) is 54.3 Å². The van der Waals surface area contributed by atoms with E-state index in [1.807, 2.05) is 37.3 Å². The average Bonchev–Trinajstić information content (AvgIpc) is 3.17. The molecule has 2 amide bonds. The summed E-state index contributed by atoms with van der Waals surface area (Å²) in [6.07, 6.45) is 2.45. The molecule has 0 bridgehead atoms. The monoisotopic (exact) mass is 272 g/mol. The number of amides is 2. The molecule has 1 aromatic carbocycles. The van der Waals surface area contributed by atoms with Crippen LogP contribution in [0.5, 0.6) is 0 Å². The minimum absolute atomic E-state index is 0.127. The Kier molecular flexibility index (Phi) is 3.38. The second kappa shape index (κ2) is 5.19. The van der Waals surface area contributed by atoms with Crippen LogP contribution in [0.1, 0.15) is 38.5 Å². The van der Waals surface area contributed by atoms with Crippen molar-refractivity contribution in [3.8, 4) is 0 Å². The fourth-order valence-corrected chi connectivity index (χ4v) is 2.45. The number of benzene rings is 1. The normalized spacial score (nSPS) is 17.7. The van der Waals surface area contributed by atoms with Gasteiger partial charge in [0.05, 0.1) is 6.04 Å². The zero-order chi connectivity index (χ0) is 14.1. The van der Waals surface area contributed by atoms with Crippen molar-refractivity contribution in [3.63, 3.8) is 0 Å². The predicted octanol–water partition coefficient (Wildman–Crippen LogP) is 3.59. The molecular formula is C16H20N2O2. The number of furan rings is 1. The molecule has 1 heterocycles. The summed E-state index contributed by atoms with van der Waals surface area (Å²) in [4.78, 5) is 11.9. The molecule has 4 heteroatoms. The first-order chi connectivity index (χ1) is 9.63. The van der Waals surface area contributed by atoms with Gasteiger partial charge in [-0.2, -0.15) is 0 Å². The maximum Gasteiger partial charge on any atom is 0.315 e. The summed E-state index contributed by atoms with van der Waals surface area (Å²) in [7, 11) is 0. The maximum atomic E-state index is 11.9. The highest BCUT2D eigenvalue weighted by molar-refractivity contribution is 5.78. The van der Waals surface area contributed by atoms with Crippen LogP contribution in [-0.4, -0.2) is 12.1 Å². The fourth-order valence-electron chi connectivity index (χ4n) is 2.45. The number of hydrogen-bond acceptors (Lipinski definition) is 2.